The van der Waals surface area contributed by atoms with Gasteiger partial charge in [-0.2, -0.15) is 11.8 Å². The number of benzene rings is 1. The number of hydrogen-bond donors (Lipinski definition) is 2. The first kappa shape index (κ1) is 17.4. The van der Waals surface area contributed by atoms with Crippen LogP contribution in [0.5, 0.6) is 0 Å². The average molecular weight is 320 g/mol. The maximum Gasteiger partial charge on any atom is 0.240 e. The Morgan fingerprint density at radius 2 is 2.10 bits per heavy atom. The molecule has 0 heterocycles. The van der Waals surface area contributed by atoms with Gasteiger partial charge in [0.15, 0.2) is 0 Å². The fraction of sp³-hybridized carbons (Fsp3) is 0.538. The highest BCUT2D eigenvalue weighted by Crippen LogP contribution is 2.19. The second-order valence-electron chi connectivity index (χ2n) is 4.65. The molecule has 0 aromatic heterocycles. The quantitative estimate of drug-likeness (QED) is 0.806. The van der Waals surface area contributed by atoms with E-state index in [0.717, 1.165) is 6.42 Å². The smallest absolute Gasteiger partial charge is 0.240 e. The predicted molar refractivity (Wildman–Crippen MR) is 81.8 cm³/mol. The van der Waals surface area contributed by atoms with Crippen LogP contribution < -0.4 is 10.5 Å². The second kappa shape index (κ2) is 7.40. The Morgan fingerprint density at radius 3 is 2.65 bits per heavy atom. The topological polar surface area (TPSA) is 72.2 Å². The summed E-state index contributed by atoms with van der Waals surface area (Å²) in [5.41, 5.74) is 5.93. The maximum atomic E-state index is 13.7. The van der Waals surface area contributed by atoms with Crippen molar-refractivity contribution < 1.29 is 12.8 Å². The second-order valence-corrected chi connectivity index (χ2v) is 7.69. The Morgan fingerprint density at radius 1 is 1.45 bits per heavy atom. The lowest BCUT2D eigenvalue weighted by Crippen LogP contribution is -2.26. The van der Waals surface area contributed by atoms with Crippen molar-refractivity contribution in [2.45, 2.75) is 37.0 Å². The van der Waals surface area contributed by atoms with E-state index in [-0.39, 0.29) is 22.6 Å². The normalized spacial score (nSPS) is 13.4. The van der Waals surface area contributed by atoms with Crippen LogP contribution in [-0.2, 0) is 16.6 Å². The number of sulfonamides is 1. The molecular formula is C13H21FN2O2S2. The summed E-state index contributed by atoms with van der Waals surface area (Å²) in [5.74, 6) is -0.442. The summed E-state index contributed by atoms with van der Waals surface area (Å²) in [6, 6.07) is 2.62. The number of nitrogens with one attached hydrogen (secondary N) is 1. The molecule has 7 heteroatoms. The van der Waals surface area contributed by atoms with Crippen molar-refractivity contribution in [1.82, 2.24) is 4.72 Å². The van der Waals surface area contributed by atoms with Gasteiger partial charge < -0.3 is 5.73 Å². The highest BCUT2D eigenvalue weighted by atomic mass is 32.2. The van der Waals surface area contributed by atoms with Gasteiger partial charge in [0.25, 0.3) is 0 Å². The number of nitrogens with two attached hydrogens (primary N) is 1. The molecule has 0 radical (unpaired) electrons. The van der Waals surface area contributed by atoms with Crippen LogP contribution in [0.15, 0.2) is 17.0 Å². The zero-order chi connectivity index (χ0) is 15.3. The monoisotopic (exact) mass is 320 g/mol. The third-order valence-corrected chi connectivity index (χ3v) is 5.56. The fourth-order valence-electron chi connectivity index (χ4n) is 1.71. The molecule has 1 aromatic carbocycles. The number of hydrogen-bond acceptors (Lipinski definition) is 4. The molecular weight excluding hydrogens is 299 g/mol. The van der Waals surface area contributed by atoms with Crippen molar-refractivity contribution in [3.05, 3.63) is 29.1 Å². The zero-order valence-electron chi connectivity index (χ0n) is 11.9. The van der Waals surface area contributed by atoms with E-state index in [9.17, 15) is 12.8 Å². The number of halogens is 1. The lowest BCUT2D eigenvalue weighted by atomic mass is 10.1. The highest BCUT2D eigenvalue weighted by Gasteiger charge is 2.17. The van der Waals surface area contributed by atoms with Gasteiger partial charge in [0.05, 0.1) is 4.90 Å². The zero-order valence-corrected chi connectivity index (χ0v) is 13.6. The summed E-state index contributed by atoms with van der Waals surface area (Å²) in [6.45, 7) is 3.90. The molecule has 0 amide bonds. The van der Waals surface area contributed by atoms with Crippen molar-refractivity contribution in [1.29, 1.82) is 0 Å². The minimum Gasteiger partial charge on any atom is -0.326 e. The van der Waals surface area contributed by atoms with Gasteiger partial charge in [-0.15, -0.1) is 0 Å². The van der Waals surface area contributed by atoms with Crippen molar-refractivity contribution in [2.75, 3.05) is 12.8 Å². The van der Waals surface area contributed by atoms with Crippen molar-refractivity contribution in [2.24, 2.45) is 5.73 Å². The van der Waals surface area contributed by atoms with Crippen LogP contribution in [-0.4, -0.2) is 26.5 Å². The summed E-state index contributed by atoms with van der Waals surface area (Å²) < 4.78 is 40.5. The summed E-state index contributed by atoms with van der Waals surface area (Å²) >= 11 is 1.68. The van der Waals surface area contributed by atoms with E-state index in [0.29, 0.717) is 11.8 Å². The van der Waals surface area contributed by atoms with Gasteiger partial charge in [-0.1, -0.05) is 6.92 Å². The maximum absolute atomic E-state index is 13.7. The number of aryl methyl sites for hydroxylation is 1. The Kier molecular flexibility index (Phi) is 6.44. The number of thioether (sulfide) groups is 1. The average Bonchev–Trinajstić information content (AvgIpc) is 2.41. The Bertz CT molecular complexity index is 562. The van der Waals surface area contributed by atoms with Gasteiger partial charge >= 0.3 is 0 Å². The molecule has 1 rings (SSSR count). The third-order valence-electron chi connectivity index (χ3n) is 3.08. The van der Waals surface area contributed by atoms with Gasteiger partial charge in [0.2, 0.25) is 10.0 Å². The molecule has 1 aromatic rings. The van der Waals surface area contributed by atoms with E-state index in [4.69, 9.17) is 5.73 Å². The van der Waals surface area contributed by atoms with Crippen molar-refractivity contribution in [3.63, 3.8) is 0 Å². The van der Waals surface area contributed by atoms with Crippen LogP contribution in [0, 0.1) is 12.7 Å². The molecule has 4 nitrogen and oxygen atoms in total. The van der Waals surface area contributed by atoms with Gasteiger partial charge in [0, 0.05) is 23.9 Å². The Balaban J connectivity index is 2.90. The minimum absolute atomic E-state index is 0.0282. The first-order chi connectivity index (χ1) is 9.31. The van der Waals surface area contributed by atoms with E-state index in [2.05, 4.69) is 4.72 Å². The molecule has 3 N–H and O–H groups in total. The molecule has 0 aliphatic heterocycles. The molecule has 114 valence electrons. The van der Waals surface area contributed by atoms with Crippen LogP contribution in [0.3, 0.4) is 0 Å². The van der Waals surface area contributed by atoms with E-state index < -0.39 is 15.8 Å². The molecule has 0 bridgehead atoms. The summed E-state index contributed by atoms with van der Waals surface area (Å²) in [4.78, 5) is 0.0636. The molecule has 0 saturated carbocycles. The lowest BCUT2D eigenvalue weighted by molar-refractivity contribution is 0.575. The summed E-state index contributed by atoms with van der Waals surface area (Å²) in [6.07, 6.45) is 2.72. The summed E-state index contributed by atoms with van der Waals surface area (Å²) in [7, 11) is -3.62. The molecule has 20 heavy (non-hydrogen) atoms. The largest absolute Gasteiger partial charge is 0.326 e. The van der Waals surface area contributed by atoms with Crippen molar-refractivity contribution >= 4 is 21.8 Å². The third kappa shape index (κ3) is 4.44. The first-order valence-corrected chi connectivity index (χ1v) is 9.10. The predicted octanol–water partition coefficient (Wildman–Crippen LogP) is 2.01. The Hall–Kier alpha value is -0.630. The van der Waals surface area contributed by atoms with Gasteiger partial charge in [-0.05, 0) is 37.3 Å². The first-order valence-electron chi connectivity index (χ1n) is 6.33. The molecule has 0 aliphatic rings. The summed E-state index contributed by atoms with van der Waals surface area (Å²) in [5, 5.41) is 0.382. The van der Waals surface area contributed by atoms with Gasteiger partial charge in [-0.3, -0.25) is 0 Å². The van der Waals surface area contributed by atoms with Crippen LogP contribution in [0.2, 0.25) is 0 Å². The van der Waals surface area contributed by atoms with E-state index in [1.165, 1.54) is 19.1 Å². The number of rotatable bonds is 7. The standard InChI is InChI=1S/C13H21FN2O2S2/c1-9-6-12(7-11(8-15)13(9)14)20(17,18)16-5-4-10(2)19-3/h6-7,10,16H,4-5,8,15H2,1-3H3. The van der Waals surface area contributed by atoms with E-state index in [1.54, 1.807) is 11.8 Å². The van der Waals surface area contributed by atoms with Gasteiger partial charge in [0.1, 0.15) is 5.82 Å². The SMILES string of the molecule is CSC(C)CCNS(=O)(=O)c1cc(C)c(F)c(CN)c1. The molecule has 0 aliphatic carbocycles. The van der Waals surface area contributed by atoms with E-state index >= 15 is 0 Å². The molecule has 0 fully saturated rings. The fourth-order valence-corrected chi connectivity index (χ4v) is 3.24. The van der Waals surface area contributed by atoms with Crippen LogP contribution in [0.4, 0.5) is 4.39 Å². The van der Waals surface area contributed by atoms with Crippen molar-refractivity contribution in [3.8, 4) is 0 Å². The van der Waals surface area contributed by atoms with E-state index in [1.807, 2.05) is 13.2 Å². The highest BCUT2D eigenvalue weighted by molar-refractivity contribution is 7.99. The van der Waals surface area contributed by atoms with Crippen LogP contribution in [0.25, 0.3) is 0 Å². The molecule has 1 atom stereocenters. The molecule has 0 saturated heterocycles. The lowest BCUT2D eigenvalue weighted by Gasteiger charge is -2.12. The van der Waals surface area contributed by atoms with Gasteiger partial charge in [-0.25, -0.2) is 17.5 Å². The Labute approximate surface area is 124 Å². The van der Waals surface area contributed by atoms with Crippen LogP contribution >= 0.6 is 11.8 Å². The minimum atomic E-state index is -3.62. The molecule has 0 spiro atoms. The molecule has 1 unspecified atom stereocenters. The van der Waals surface area contributed by atoms with Crippen LogP contribution in [0.1, 0.15) is 24.5 Å².